The molecule has 1 heterocycles. The van der Waals surface area contributed by atoms with Crippen molar-refractivity contribution in [2.45, 2.75) is 51.3 Å². The second-order valence-corrected chi connectivity index (χ2v) is 6.51. The standard InChI is InChI=1S/C14H28N2O/c1-10-7-11(2)14(13(17)8-10)16-6-5-12(9-16)15(3)4/h10-14,17H,5-9H2,1-4H3. The summed E-state index contributed by atoms with van der Waals surface area (Å²) < 4.78 is 0. The molecule has 1 aliphatic carbocycles. The van der Waals surface area contributed by atoms with E-state index in [1.54, 1.807) is 0 Å². The van der Waals surface area contributed by atoms with Gasteiger partial charge in [-0.2, -0.15) is 0 Å². The van der Waals surface area contributed by atoms with Crippen molar-refractivity contribution in [2.24, 2.45) is 11.8 Å². The Kier molecular flexibility index (Phi) is 4.11. The Balaban J connectivity index is 1.98. The molecule has 17 heavy (non-hydrogen) atoms. The highest BCUT2D eigenvalue weighted by atomic mass is 16.3. The number of aliphatic hydroxyl groups excluding tert-OH is 1. The average molecular weight is 240 g/mol. The van der Waals surface area contributed by atoms with E-state index in [0.717, 1.165) is 19.5 Å². The molecule has 100 valence electrons. The van der Waals surface area contributed by atoms with Crippen LogP contribution in [0.5, 0.6) is 0 Å². The first-order valence-corrected chi connectivity index (χ1v) is 7.07. The highest BCUT2D eigenvalue weighted by Crippen LogP contribution is 2.34. The molecule has 0 bridgehead atoms. The fraction of sp³-hybridized carbons (Fsp3) is 1.00. The summed E-state index contributed by atoms with van der Waals surface area (Å²) in [6, 6.07) is 1.07. The number of likely N-dealkylation sites (N-methyl/N-ethyl adjacent to an activating group) is 1. The first-order chi connectivity index (χ1) is 7.99. The quantitative estimate of drug-likeness (QED) is 0.791. The molecule has 5 atom stereocenters. The Morgan fingerprint density at radius 2 is 1.88 bits per heavy atom. The van der Waals surface area contributed by atoms with Gasteiger partial charge in [0.25, 0.3) is 0 Å². The molecular formula is C14H28N2O. The number of nitrogens with zero attached hydrogens (tertiary/aromatic N) is 2. The van der Waals surface area contributed by atoms with Crippen LogP contribution in [0.25, 0.3) is 0 Å². The van der Waals surface area contributed by atoms with Crippen molar-refractivity contribution in [3.63, 3.8) is 0 Å². The Hall–Kier alpha value is -0.120. The van der Waals surface area contributed by atoms with Crippen LogP contribution in [0.15, 0.2) is 0 Å². The van der Waals surface area contributed by atoms with Crippen LogP contribution in [0.2, 0.25) is 0 Å². The summed E-state index contributed by atoms with van der Waals surface area (Å²) in [4.78, 5) is 4.86. The van der Waals surface area contributed by atoms with Crippen molar-refractivity contribution >= 4 is 0 Å². The van der Waals surface area contributed by atoms with E-state index in [2.05, 4.69) is 37.7 Å². The number of likely N-dealkylation sites (tertiary alicyclic amines) is 1. The van der Waals surface area contributed by atoms with E-state index in [1.807, 2.05) is 0 Å². The summed E-state index contributed by atoms with van der Waals surface area (Å²) in [7, 11) is 4.33. The van der Waals surface area contributed by atoms with Gasteiger partial charge in [0.2, 0.25) is 0 Å². The second-order valence-electron chi connectivity index (χ2n) is 6.51. The molecule has 3 heteroatoms. The van der Waals surface area contributed by atoms with Crippen LogP contribution in [0.3, 0.4) is 0 Å². The third kappa shape index (κ3) is 2.83. The van der Waals surface area contributed by atoms with Gasteiger partial charge in [-0.1, -0.05) is 13.8 Å². The number of hydrogen-bond donors (Lipinski definition) is 1. The average Bonchev–Trinajstić information content (AvgIpc) is 2.65. The van der Waals surface area contributed by atoms with Gasteiger partial charge in [-0.05, 0) is 45.2 Å². The third-order valence-electron chi connectivity index (χ3n) is 4.74. The molecule has 5 unspecified atom stereocenters. The molecule has 0 aromatic rings. The van der Waals surface area contributed by atoms with E-state index in [0.29, 0.717) is 23.9 Å². The highest BCUT2D eigenvalue weighted by Gasteiger charge is 2.39. The monoisotopic (exact) mass is 240 g/mol. The maximum atomic E-state index is 10.3. The van der Waals surface area contributed by atoms with Crippen LogP contribution in [0.4, 0.5) is 0 Å². The Bertz CT molecular complexity index is 245. The molecule has 1 saturated carbocycles. The lowest BCUT2D eigenvalue weighted by Crippen LogP contribution is -2.51. The summed E-state index contributed by atoms with van der Waals surface area (Å²) in [6.45, 7) is 6.87. The van der Waals surface area contributed by atoms with Crippen LogP contribution in [-0.2, 0) is 0 Å². The van der Waals surface area contributed by atoms with Crippen LogP contribution in [-0.4, -0.2) is 60.3 Å². The molecular weight excluding hydrogens is 212 g/mol. The lowest BCUT2D eigenvalue weighted by Gasteiger charge is -2.42. The zero-order valence-corrected chi connectivity index (χ0v) is 11.8. The van der Waals surface area contributed by atoms with Gasteiger partial charge in [-0.3, -0.25) is 4.90 Å². The molecule has 3 nitrogen and oxygen atoms in total. The van der Waals surface area contributed by atoms with Crippen molar-refractivity contribution < 1.29 is 5.11 Å². The largest absolute Gasteiger partial charge is 0.391 e. The number of rotatable bonds is 2. The van der Waals surface area contributed by atoms with Gasteiger partial charge in [0.15, 0.2) is 0 Å². The Morgan fingerprint density at radius 1 is 1.18 bits per heavy atom. The fourth-order valence-electron chi connectivity index (χ4n) is 3.86. The Morgan fingerprint density at radius 3 is 2.41 bits per heavy atom. The predicted octanol–water partition coefficient (Wildman–Crippen LogP) is 1.42. The fourth-order valence-corrected chi connectivity index (χ4v) is 3.86. The summed E-state index contributed by atoms with van der Waals surface area (Å²) in [5.41, 5.74) is 0. The maximum Gasteiger partial charge on any atom is 0.0700 e. The predicted molar refractivity (Wildman–Crippen MR) is 71.0 cm³/mol. The minimum Gasteiger partial charge on any atom is -0.391 e. The van der Waals surface area contributed by atoms with Gasteiger partial charge in [0, 0.05) is 25.2 Å². The first-order valence-electron chi connectivity index (χ1n) is 7.07. The lowest BCUT2D eigenvalue weighted by molar-refractivity contribution is -0.0170. The van der Waals surface area contributed by atoms with Gasteiger partial charge < -0.3 is 10.0 Å². The van der Waals surface area contributed by atoms with Crippen molar-refractivity contribution in [3.05, 3.63) is 0 Å². The smallest absolute Gasteiger partial charge is 0.0700 e. The summed E-state index contributed by atoms with van der Waals surface area (Å²) in [5, 5.41) is 10.3. The molecule has 2 fully saturated rings. The van der Waals surface area contributed by atoms with Crippen molar-refractivity contribution in [2.75, 3.05) is 27.2 Å². The second kappa shape index (κ2) is 5.25. The van der Waals surface area contributed by atoms with E-state index in [9.17, 15) is 5.11 Å². The summed E-state index contributed by atoms with van der Waals surface area (Å²) in [5.74, 6) is 1.32. The van der Waals surface area contributed by atoms with Crippen LogP contribution < -0.4 is 0 Å². The molecule has 0 aromatic carbocycles. The van der Waals surface area contributed by atoms with Gasteiger partial charge in [-0.25, -0.2) is 0 Å². The van der Waals surface area contributed by atoms with Gasteiger partial charge in [0.05, 0.1) is 6.10 Å². The van der Waals surface area contributed by atoms with E-state index < -0.39 is 0 Å². The molecule has 1 N–H and O–H groups in total. The Labute approximate surface area is 106 Å². The summed E-state index contributed by atoms with van der Waals surface area (Å²) in [6.07, 6.45) is 3.39. The zero-order valence-electron chi connectivity index (χ0n) is 11.8. The highest BCUT2D eigenvalue weighted by molar-refractivity contribution is 4.94. The lowest BCUT2D eigenvalue weighted by atomic mass is 9.77. The normalized spacial score (nSPS) is 44.5. The van der Waals surface area contributed by atoms with Gasteiger partial charge >= 0.3 is 0 Å². The van der Waals surface area contributed by atoms with E-state index in [1.165, 1.54) is 12.8 Å². The van der Waals surface area contributed by atoms with Crippen molar-refractivity contribution in [1.82, 2.24) is 9.80 Å². The molecule has 1 aliphatic heterocycles. The van der Waals surface area contributed by atoms with Crippen LogP contribution in [0.1, 0.15) is 33.1 Å². The molecule has 1 saturated heterocycles. The third-order valence-corrected chi connectivity index (χ3v) is 4.74. The molecule has 0 aromatic heterocycles. The minimum absolute atomic E-state index is 0.116. The van der Waals surface area contributed by atoms with Crippen molar-refractivity contribution in [1.29, 1.82) is 0 Å². The first kappa shape index (κ1) is 13.3. The number of hydrogen-bond acceptors (Lipinski definition) is 3. The molecule has 0 amide bonds. The van der Waals surface area contributed by atoms with E-state index in [-0.39, 0.29) is 6.10 Å². The molecule has 0 spiro atoms. The van der Waals surface area contributed by atoms with Gasteiger partial charge in [-0.15, -0.1) is 0 Å². The van der Waals surface area contributed by atoms with Crippen molar-refractivity contribution in [3.8, 4) is 0 Å². The van der Waals surface area contributed by atoms with Crippen LogP contribution >= 0.6 is 0 Å². The molecule has 0 radical (unpaired) electrons. The van der Waals surface area contributed by atoms with E-state index in [4.69, 9.17) is 0 Å². The number of aliphatic hydroxyl groups is 1. The maximum absolute atomic E-state index is 10.3. The van der Waals surface area contributed by atoms with Gasteiger partial charge in [0.1, 0.15) is 0 Å². The topological polar surface area (TPSA) is 26.7 Å². The minimum atomic E-state index is -0.116. The summed E-state index contributed by atoms with van der Waals surface area (Å²) >= 11 is 0. The van der Waals surface area contributed by atoms with E-state index >= 15 is 0 Å². The zero-order chi connectivity index (χ0) is 12.6. The molecule has 2 aliphatic rings. The molecule has 2 rings (SSSR count). The van der Waals surface area contributed by atoms with Crippen LogP contribution in [0, 0.1) is 11.8 Å². The SMILES string of the molecule is CC1CC(C)C(N2CCC(N(C)C)C2)C(O)C1.